The molecule has 8 heteroatoms. The standard InChI is InChI=1S/C15H19N3O4.CH2O/c1-16-8-13-9-18(15(20)22-13)12-4-2-11(3-5-12)17-6-7-21-10-14(17)19;1-2/h2-5,13,16H,6-10H2,1H3;1H2. The van der Waals surface area contributed by atoms with Crippen LogP contribution < -0.4 is 15.1 Å². The Morgan fingerprint density at radius 2 is 1.79 bits per heavy atom. The first-order valence-electron chi connectivity index (χ1n) is 7.59. The zero-order valence-electron chi connectivity index (χ0n) is 13.6. The minimum absolute atomic E-state index is 0.0475. The van der Waals surface area contributed by atoms with E-state index in [0.29, 0.717) is 26.2 Å². The molecule has 2 heterocycles. The van der Waals surface area contributed by atoms with E-state index in [1.54, 1.807) is 9.80 Å². The summed E-state index contributed by atoms with van der Waals surface area (Å²) in [5.74, 6) is -0.0475. The van der Waals surface area contributed by atoms with Crippen LogP contribution in [0.15, 0.2) is 24.3 Å². The highest BCUT2D eigenvalue weighted by Crippen LogP contribution is 2.25. The van der Waals surface area contributed by atoms with E-state index in [1.807, 2.05) is 38.1 Å². The van der Waals surface area contributed by atoms with Gasteiger partial charge in [-0.2, -0.15) is 0 Å². The lowest BCUT2D eigenvalue weighted by molar-refractivity contribution is -0.125. The summed E-state index contributed by atoms with van der Waals surface area (Å²) >= 11 is 0. The molecule has 2 amide bonds. The molecule has 8 nitrogen and oxygen atoms in total. The van der Waals surface area contributed by atoms with Crippen LogP contribution in [-0.4, -0.2) is 64.8 Å². The van der Waals surface area contributed by atoms with Crippen molar-refractivity contribution in [1.82, 2.24) is 5.32 Å². The number of hydrogen-bond donors (Lipinski definition) is 1. The van der Waals surface area contributed by atoms with Gasteiger partial charge in [-0.1, -0.05) is 0 Å². The lowest BCUT2D eigenvalue weighted by atomic mass is 10.2. The van der Waals surface area contributed by atoms with Crippen molar-refractivity contribution in [2.45, 2.75) is 6.10 Å². The normalized spacial score (nSPS) is 20.5. The van der Waals surface area contributed by atoms with Gasteiger partial charge < -0.3 is 24.5 Å². The van der Waals surface area contributed by atoms with E-state index in [2.05, 4.69) is 5.32 Å². The van der Waals surface area contributed by atoms with Gasteiger partial charge in [0, 0.05) is 24.5 Å². The Kier molecular flexibility index (Phi) is 6.28. The zero-order valence-corrected chi connectivity index (χ0v) is 13.6. The van der Waals surface area contributed by atoms with Gasteiger partial charge in [0.25, 0.3) is 5.91 Å². The predicted octanol–water partition coefficient (Wildman–Crippen LogP) is 0.409. The Hall–Kier alpha value is -2.45. The van der Waals surface area contributed by atoms with Gasteiger partial charge in [-0.15, -0.1) is 0 Å². The van der Waals surface area contributed by atoms with Crippen LogP contribution in [0, 0.1) is 0 Å². The van der Waals surface area contributed by atoms with E-state index in [0.717, 1.165) is 11.4 Å². The van der Waals surface area contributed by atoms with Crippen LogP contribution in [-0.2, 0) is 19.1 Å². The number of carbonyl (C=O) groups excluding carboxylic acids is 3. The summed E-state index contributed by atoms with van der Waals surface area (Å²) in [6.45, 7) is 4.36. The Bertz CT molecular complexity index is 578. The molecule has 2 saturated heterocycles. The van der Waals surface area contributed by atoms with Crippen molar-refractivity contribution in [1.29, 1.82) is 0 Å². The molecule has 0 bridgehead atoms. The highest BCUT2D eigenvalue weighted by Gasteiger charge is 2.32. The van der Waals surface area contributed by atoms with Crippen LogP contribution in [0.25, 0.3) is 0 Å². The molecule has 1 aromatic rings. The number of rotatable bonds is 4. The number of likely N-dealkylation sites (N-methyl/N-ethyl adjacent to an activating group) is 1. The van der Waals surface area contributed by atoms with E-state index in [-0.39, 0.29) is 24.7 Å². The van der Waals surface area contributed by atoms with Crippen molar-refractivity contribution >= 4 is 30.2 Å². The maximum atomic E-state index is 11.9. The average Bonchev–Trinajstić information content (AvgIpc) is 2.98. The smallest absolute Gasteiger partial charge is 0.414 e. The van der Waals surface area contributed by atoms with Gasteiger partial charge in [0.1, 0.15) is 19.5 Å². The number of morpholine rings is 1. The molecule has 1 N–H and O–H groups in total. The van der Waals surface area contributed by atoms with Gasteiger partial charge in [0.2, 0.25) is 0 Å². The monoisotopic (exact) mass is 335 g/mol. The van der Waals surface area contributed by atoms with E-state index >= 15 is 0 Å². The van der Waals surface area contributed by atoms with E-state index in [9.17, 15) is 9.59 Å². The zero-order chi connectivity index (χ0) is 17.5. The van der Waals surface area contributed by atoms with Gasteiger partial charge >= 0.3 is 6.09 Å². The summed E-state index contributed by atoms with van der Waals surface area (Å²) in [6, 6.07) is 7.36. The number of anilines is 2. The molecule has 0 spiro atoms. The molecule has 0 radical (unpaired) electrons. The topological polar surface area (TPSA) is 88.2 Å². The quantitative estimate of drug-likeness (QED) is 0.857. The first-order chi connectivity index (χ1) is 11.7. The second-order valence-corrected chi connectivity index (χ2v) is 5.29. The van der Waals surface area contributed by atoms with E-state index < -0.39 is 0 Å². The molecule has 24 heavy (non-hydrogen) atoms. The van der Waals surface area contributed by atoms with Gasteiger partial charge in [-0.25, -0.2) is 4.79 Å². The summed E-state index contributed by atoms with van der Waals surface area (Å²) < 4.78 is 10.4. The minimum Gasteiger partial charge on any atom is -0.443 e. The van der Waals surface area contributed by atoms with Crippen LogP contribution in [0.4, 0.5) is 16.2 Å². The fourth-order valence-electron chi connectivity index (χ4n) is 2.67. The third-order valence-electron chi connectivity index (χ3n) is 3.76. The largest absolute Gasteiger partial charge is 0.443 e. The molecule has 1 atom stereocenters. The van der Waals surface area contributed by atoms with E-state index in [4.69, 9.17) is 14.3 Å². The maximum Gasteiger partial charge on any atom is 0.414 e. The summed E-state index contributed by atoms with van der Waals surface area (Å²) in [4.78, 5) is 35.0. The fraction of sp³-hybridized carbons (Fsp3) is 0.438. The second-order valence-electron chi connectivity index (χ2n) is 5.29. The van der Waals surface area contributed by atoms with Crippen LogP contribution in [0.1, 0.15) is 0 Å². The Labute approximate surface area is 140 Å². The fourth-order valence-corrected chi connectivity index (χ4v) is 2.67. The molecule has 0 aromatic heterocycles. The van der Waals surface area contributed by atoms with Gasteiger partial charge in [0.05, 0.1) is 13.2 Å². The van der Waals surface area contributed by atoms with E-state index in [1.165, 1.54) is 0 Å². The molecule has 2 fully saturated rings. The van der Waals surface area contributed by atoms with Crippen LogP contribution in [0.5, 0.6) is 0 Å². The van der Waals surface area contributed by atoms with Crippen molar-refractivity contribution in [3.63, 3.8) is 0 Å². The summed E-state index contributed by atoms with van der Waals surface area (Å²) in [6.07, 6.45) is -0.478. The SMILES string of the molecule is C=O.CNCC1CN(c2ccc(N3CCOCC3=O)cc2)C(=O)O1. The second kappa shape index (κ2) is 8.42. The molecular weight excluding hydrogens is 314 g/mol. The molecular formula is C16H21N3O5. The van der Waals surface area contributed by atoms with Crippen LogP contribution >= 0.6 is 0 Å². The summed E-state index contributed by atoms with van der Waals surface area (Å²) in [5.41, 5.74) is 1.59. The molecule has 0 aliphatic carbocycles. The number of ether oxygens (including phenoxy) is 2. The molecule has 130 valence electrons. The van der Waals surface area contributed by atoms with Crippen LogP contribution in [0.3, 0.4) is 0 Å². The number of carbonyl (C=O) groups is 3. The summed E-state index contributed by atoms with van der Waals surface area (Å²) in [7, 11) is 1.82. The van der Waals surface area contributed by atoms with Crippen LogP contribution in [0.2, 0.25) is 0 Å². The number of benzene rings is 1. The van der Waals surface area contributed by atoms with Gasteiger partial charge in [0.15, 0.2) is 0 Å². The lowest BCUT2D eigenvalue weighted by Crippen LogP contribution is -2.41. The molecule has 3 rings (SSSR count). The average molecular weight is 335 g/mol. The first-order valence-corrected chi connectivity index (χ1v) is 7.59. The number of amides is 2. The molecule has 1 aromatic carbocycles. The maximum absolute atomic E-state index is 11.9. The number of hydrogen-bond acceptors (Lipinski definition) is 6. The van der Waals surface area contributed by atoms with Crippen molar-refractivity contribution in [3.8, 4) is 0 Å². The Morgan fingerprint density at radius 3 is 2.38 bits per heavy atom. The van der Waals surface area contributed by atoms with Gasteiger partial charge in [-0.3, -0.25) is 9.69 Å². The minimum atomic E-state index is -0.338. The third-order valence-corrected chi connectivity index (χ3v) is 3.76. The van der Waals surface area contributed by atoms with Crippen molar-refractivity contribution < 1.29 is 23.9 Å². The lowest BCUT2D eigenvalue weighted by Gasteiger charge is -2.27. The number of nitrogens with one attached hydrogen (secondary N) is 1. The van der Waals surface area contributed by atoms with Crippen molar-refractivity contribution in [2.24, 2.45) is 0 Å². The molecule has 1 unspecified atom stereocenters. The van der Waals surface area contributed by atoms with Gasteiger partial charge in [-0.05, 0) is 31.3 Å². The van der Waals surface area contributed by atoms with Crippen molar-refractivity contribution in [2.75, 3.05) is 49.7 Å². The highest BCUT2D eigenvalue weighted by atomic mass is 16.6. The first kappa shape index (κ1) is 17.9. The molecule has 0 saturated carbocycles. The molecule has 2 aliphatic rings. The number of cyclic esters (lactones) is 1. The summed E-state index contributed by atoms with van der Waals surface area (Å²) in [5, 5.41) is 3.00. The molecule has 2 aliphatic heterocycles. The predicted molar refractivity (Wildman–Crippen MR) is 88.3 cm³/mol. The Morgan fingerprint density at radius 1 is 1.17 bits per heavy atom. The third kappa shape index (κ3) is 3.90. The highest BCUT2D eigenvalue weighted by molar-refractivity contribution is 5.95. The number of nitrogens with zero attached hydrogens (tertiary/aromatic N) is 2. The van der Waals surface area contributed by atoms with Crippen molar-refractivity contribution in [3.05, 3.63) is 24.3 Å². The Balaban J connectivity index is 0.00000100.